The zero-order chi connectivity index (χ0) is 15.0. The second kappa shape index (κ2) is 5.48. The summed E-state index contributed by atoms with van der Waals surface area (Å²) < 4.78 is 17.8. The Balaban J connectivity index is 2.36. The molecule has 3 rings (SSSR count). The molecule has 3 aromatic rings. The second-order valence-electron chi connectivity index (χ2n) is 4.85. The van der Waals surface area contributed by atoms with Crippen molar-refractivity contribution in [2.45, 2.75) is 19.8 Å². The fraction of sp³-hybridized carbons (Fsp3) is 0.333. The molecule has 2 heterocycles. The molecule has 0 saturated heterocycles. The van der Waals surface area contributed by atoms with Crippen molar-refractivity contribution in [2.24, 2.45) is 7.05 Å². The lowest BCUT2D eigenvalue weighted by Crippen LogP contribution is -2.07. The Morgan fingerprint density at radius 1 is 1.29 bits per heavy atom. The maximum atomic E-state index is 14.2. The Hall–Kier alpha value is -1.88. The van der Waals surface area contributed by atoms with Crippen molar-refractivity contribution in [3.8, 4) is 5.69 Å². The summed E-state index contributed by atoms with van der Waals surface area (Å²) in [5, 5.41) is 4.46. The number of hydrogen-bond donors (Lipinski definition) is 0. The van der Waals surface area contributed by atoms with E-state index in [1.165, 1.54) is 6.07 Å². The molecule has 110 valence electrons. The van der Waals surface area contributed by atoms with E-state index in [4.69, 9.17) is 11.6 Å². The van der Waals surface area contributed by atoms with Crippen molar-refractivity contribution in [1.29, 1.82) is 0 Å². The Labute approximate surface area is 127 Å². The normalized spacial score (nSPS) is 11.4. The third kappa shape index (κ3) is 2.21. The molecule has 0 bridgehead atoms. The average Bonchev–Trinajstić information content (AvgIpc) is 2.98. The van der Waals surface area contributed by atoms with E-state index in [-0.39, 0.29) is 5.82 Å². The van der Waals surface area contributed by atoms with Crippen LogP contribution in [0.1, 0.15) is 18.4 Å². The zero-order valence-corrected chi connectivity index (χ0v) is 12.7. The van der Waals surface area contributed by atoms with Crippen LogP contribution in [0.2, 0.25) is 0 Å². The molecule has 0 N–H and O–H groups in total. The number of nitrogens with zero attached hydrogens (tertiary/aromatic N) is 4. The van der Waals surface area contributed by atoms with Crippen LogP contribution in [-0.4, -0.2) is 25.2 Å². The van der Waals surface area contributed by atoms with Gasteiger partial charge in [0.2, 0.25) is 0 Å². The smallest absolute Gasteiger partial charge is 0.163 e. The molecule has 0 aliphatic rings. The quantitative estimate of drug-likeness (QED) is 0.694. The fourth-order valence-electron chi connectivity index (χ4n) is 2.60. The third-order valence-corrected chi connectivity index (χ3v) is 3.71. The van der Waals surface area contributed by atoms with Crippen LogP contribution in [0.25, 0.3) is 16.9 Å². The van der Waals surface area contributed by atoms with Gasteiger partial charge in [0, 0.05) is 19.3 Å². The number of alkyl halides is 1. The number of imidazole rings is 1. The molecule has 0 radical (unpaired) electrons. The van der Waals surface area contributed by atoms with Crippen molar-refractivity contribution >= 4 is 22.8 Å². The van der Waals surface area contributed by atoms with Crippen LogP contribution in [0.3, 0.4) is 0 Å². The first-order valence-corrected chi connectivity index (χ1v) is 7.44. The molecule has 2 aromatic heterocycles. The molecule has 1 aromatic carbocycles. The summed E-state index contributed by atoms with van der Waals surface area (Å²) in [6.07, 6.45) is 1.36. The van der Waals surface area contributed by atoms with E-state index in [9.17, 15) is 4.39 Å². The number of aryl methyl sites for hydroxylation is 3. The Bertz CT molecular complexity index is 790. The van der Waals surface area contributed by atoms with Gasteiger partial charge >= 0.3 is 0 Å². The molecule has 0 amide bonds. The summed E-state index contributed by atoms with van der Waals surface area (Å²) in [4.78, 5) is 4.64. The highest BCUT2D eigenvalue weighted by molar-refractivity contribution is 6.17. The summed E-state index contributed by atoms with van der Waals surface area (Å²) in [6.45, 7) is 2.03. The van der Waals surface area contributed by atoms with Crippen LogP contribution < -0.4 is 0 Å². The van der Waals surface area contributed by atoms with Crippen LogP contribution >= 0.6 is 11.6 Å². The summed E-state index contributed by atoms with van der Waals surface area (Å²) >= 11 is 5.87. The topological polar surface area (TPSA) is 35.6 Å². The van der Waals surface area contributed by atoms with E-state index in [1.807, 2.05) is 24.6 Å². The van der Waals surface area contributed by atoms with Crippen molar-refractivity contribution in [1.82, 2.24) is 19.3 Å². The number of rotatable bonds is 4. The van der Waals surface area contributed by atoms with E-state index in [1.54, 1.807) is 16.8 Å². The largest absolute Gasteiger partial charge is 0.278 e. The van der Waals surface area contributed by atoms with E-state index in [0.717, 1.165) is 29.1 Å². The molecule has 4 nitrogen and oxygen atoms in total. The minimum absolute atomic E-state index is 0.285. The van der Waals surface area contributed by atoms with Gasteiger partial charge in [-0.3, -0.25) is 4.57 Å². The highest BCUT2D eigenvalue weighted by Crippen LogP contribution is 2.26. The number of halogens is 2. The van der Waals surface area contributed by atoms with Gasteiger partial charge < -0.3 is 0 Å². The number of hydrogen-bond acceptors (Lipinski definition) is 2. The number of para-hydroxylation sites is 1. The Kier molecular flexibility index (Phi) is 3.68. The summed E-state index contributed by atoms with van der Waals surface area (Å²) in [5.74, 6) is 0.909. The van der Waals surface area contributed by atoms with Crippen LogP contribution in [0, 0.1) is 5.82 Å². The molecule has 0 atom stereocenters. The monoisotopic (exact) mass is 306 g/mol. The second-order valence-corrected chi connectivity index (χ2v) is 5.23. The Morgan fingerprint density at radius 3 is 2.71 bits per heavy atom. The predicted octanol–water partition coefficient (Wildman–Crippen LogP) is 3.24. The van der Waals surface area contributed by atoms with Gasteiger partial charge in [0.25, 0.3) is 0 Å². The molecular weight excluding hydrogens is 291 g/mol. The van der Waals surface area contributed by atoms with Gasteiger partial charge in [-0.05, 0) is 18.6 Å². The highest BCUT2D eigenvalue weighted by atomic mass is 35.5. The van der Waals surface area contributed by atoms with Crippen LogP contribution in [0.4, 0.5) is 4.39 Å². The zero-order valence-electron chi connectivity index (χ0n) is 12.0. The predicted molar refractivity (Wildman–Crippen MR) is 81.6 cm³/mol. The molecule has 0 saturated carbocycles. The number of fused-ring (bicyclic) bond motifs is 1. The van der Waals surface area contributed by atoms with Gasteiger partial charge in [0.15, 0.2) is 5.65 Å². The first-order chi connectivity index (χ1) is 10.2. The van der Waals surface area contributed by atoms with Crippen LogP contribution in [-0.2, 0) is 19.9 Å². The van der Waals surface area contributed by atoms with Gasteiger partial charge in [-0.15, -0.1) is 11.6 Å². The SMILES string of the molecule is CCc1nn(C)c2c1nc(CCCl)n2-c1ccccc1F. The van der Waals surface area contributed by atoms with Crippen molar-refractivity contribution in [3.05, 3.63) is 41.6 Å². The first-order valence-electron chi connectivity index (χ1n) is 6.91. The van der Waals surface area contributed by atoms with Gasteiger partial charge in [-0.25, -0.2) is 14.1 Å². The lowest BCUT2D eigenvalue weighted by Gasteiger charge is -2.09. The van der Waals surface area contributed by atoms with E-state index in [0.29, 0.717) is 18.0 Å². The minimum Gasteiger partial charge on any atom is -0.278 e. The molecule has 6 heteroatoms. The molecule has 0 fully saturated rings. The third-order valence-electron chi connectivity index (χ3n) is 3.52. The van der Waals surface area contributed by atoms with E-state index >= 15 is 0 Å². The van der Waals surface area contributed by atoms with E-state index < -0.39 is 0 Å². The van der Waals surface area contributed by atoms with Crippen LogP contribution in [0.15, 0.2) is 24.3 Å². The maximum absolute atomic E-state index is 14.2. The van der Waals surface area contributed by atoms with Crippen molar-refractivity contribution < 1.29 is 4.39 Å². The van der Waals surface area contributed by atoms with Crippen molar-refractivity contribution in [2.75, 3.05) is 5.88 Å². The fourth-order valence-corrected chi connectivity index (χ4v) is 2.77. The molecule has 0 spiro atoms. The number of benzene rings is 1. The minimum atomic E-state index is -0.285. The van der Waals surface area contributed by atoms with Gasteiger partial charge in [-0.1, -0.05) is 19.1 Å². The summed E-state index contributed by atoms with van der Waals surface area (Å²) in [6, 6.07) is 6.68. The molecule has 0 aliphatic carbocycles. The van der Waals surface area contributed by atoms with Crippen molar-refractivity contribution in [3.63, 3.8) is 0 Å². The molecule has 0 unspecified atom stereocenters. The first kappa shape index (κ1) is 14.1. The lowest BCUT2D eigenvalue weighted by molar-refractivity contribution is 0.614. The van der Waals surface area contributed by atoms with Gasteiger partial charge in [0.1, 0.15) is 17.2 Å². The molecular formula is C15H16ClFN4. The van der Waals surface area contributed by atoms with E-state index in [2.05, 4.69) is 10.1 Å². The number of aromatic nitrogens is 4. The highest BCUT2D eigenvalue weighted by Gasteiger charge is 2.20. The summed E-state index contributed by atoms with van der Waals surface area (Å²) in [5.41, 5.74) is 3.02. The Morgan fingerprint density at radius 2 is 2.05 bits per heavy atom. The maximum Gasteiger partial charge on any atom is 0.163 e. The standard InChI is InChI=1S/C15H16ClFN4/c1-3-11-14-15(20(2)19-11)21(13(18-14)8-9-16)12-7-5-4-6-10(12)17/h4-7H,3,8-9H2,1-2H3. The molecule has 21 heavy (non-hydrogen) atoms. The average molecular weight is 307 g/mol. The van der Waals surface area contributed by atoms with Gasteiger partial charge in [-0.2, -0.15) is 5.10 Å². The van der Waals surface area contributed by atoms with Gasteiger partial charge in [0.05, 0.1) is 11.4 Å². The van der Waals surface area contributed by atoms with Crippen LogP contribution in [0.5, 0.6) is 0 Å². The summed E-state index contributed by atoms with van der Waals surface area (Å²) in [7, 11) is 1.85. The molecule has 0 aliphatic heterocycles. The lowest BCUT2D eigenvalue weighted by atomic mass is 10.3.